The molecule has 0 aliphatic carbocycles. The van der Waals surface area contributed by atoms with Gasteiger partial charge in [0, 0.05) is 42.2 Å². The van der Waals surface area contributed by atoms with Gasteiger partial charge in [-0.25, -0.2) is 17.6 Å². The van der Waals surface area contributed by atoms with Crippen molar-refractivity contribution in [3.8, 4) is 5.69 Å². The Morgan fingerprint density at radius 2 is 1.23 bits per heavy atom. The summed E-state index contributed by atoms with van der Waals surface area (Å²) >= 11 is 0. The van der Waals surface area contributed by atoms with Gasteiger partial charge in [-0.2, -0.15) is 0 Å². The summed E-state index contributed by atoms with van der Waals surface area (Å²) in [5.74, 6) is -1.10. The van der Waals surface area contributed by atoms with Gasteiger partial charge in [0.25, 0.3) is 0 Å². The zero-order valence-corrected chi connectivity index (χ0v) is 21.4. The van der Waals surface area contributed by atoms with E-state index in [1.807, 2.05) is 0 Å². The van der Waals surface area contributed by atoms with Gasteiger partial charge in [-0.15, -0.1) is 0 Å². The van der Waals surface area contributed by atoms with Crippen LogP contribution in [0.3, 0.4) is 0 Å². The minimum absolute atomic E-state index is 0.0287. The maximum atomic E-state index is 14.3. The fraction of sp³-hybridized carbons (Fsp3) is 0.212. The van der Waals surface area contributed by atoms with Crippen molar-refractivity contribution < 1.29 is 17.6 Å². The van der Waals surface area contributed by atoms with E-state index >= 15 is 0 Å². The summed E-state index contributed by atoms with van der Waals surface area (Å²) in [5, 5.41) is 0.884. The van der Waals surface area contributed by atoms with E-state index < -0.39 is 0 Å². The van der Waals surface area contributed by atoms with Gasteiger partial charge in [0.1, 0.15) is 23.3 Å². The number of fused-ring (bicyclic) bond motifs is 3. The van der Waals surface area contributed by atoms with Crippen LogP contribution in [-0.2, 0) is 13.0 Å². The average molecular weight is 529 g/mol. The van der Waals surface area contributed by atoms with Crippen molar-refractivity contribution >= 4 is 10.9 Å². The van der Waals surface area contributed by atoms with Gasteiger partial charge in [0.15, 0.2) is 0 Å². The second-order valence-corrected chi connectivity index (χ2v) is 10.2. The zero-order valence-electron chi connectivity index (χ0n) is 21.4. The fourth-order valence-electron chi connectivity index (χ4n) is 5.90. The fourth-order valence-corrected chi connectivity index (χ4v) is 5.90. The number of halogens is 4. The molecule has 0 unspecified atom stereocenters. The molecule has 0 bridgehead atoms. The molecule has 2 nitrogen and oxygen atoms in total. The molecule has 0 spiro atoms. The van der Waals surface area contributed by atoms with Crippen LogP contribution in [0.5, 0.6) is 0 Å². The Morgan fingerprint density at radius 1 is 0.667 bits per heavy atom. The van der Waals surface area contributed by atoms with Gasteiger partial charge in [-0.05, 0) is 103 Å². The Hall–Kier alpha value is -3.90. The number of aromatic nitrogens is 1. The lowest BCUT2D eigenvalue weighted by molar-refractivity contribution is 0.247. The van der Waals surface area contributed by atoms with Crippen LogP contribution in [0.15, 0.2) is 91.0 Å². The molecule has 0 N–H and O–H groups in total. The molecule has 4 aromatic carbocycles. The van der Waals surface area contributed by atoms with Crippen LogP contribution in [-0.4, -0.2) is 22.6 Å². The van der Waals surface area contributed by atoms with Crippen molar-refractivity contribution in [2.45, 2.75) is 31.7 Å². The molecule has 1 aliphatic heterocycles. The monoisotopic (exact) mass is 528 g/mol. The summed E-state index contributed by atoms with van der Waals surface area (Å²) in [4.78, 5) is 2.38. The maximum absolute atomic E-state index is 14.3. The predicted octanol–water partition coefficient (Wildman–Crippen LogP) is 8.16. The molecule has 1 aliphatic rings. The second kappa shape index (κ2) is 10.7. The quantitative estimate of drug-likeness (QED) is 0.194. The van der Waals surface area contributed by atoms with Crippen LogP contribution in [0.25, 0.3) is 16.6 Å². The second-order valence-electron chi connectivity index (χ2n) is 10.2. The Morgan fingerprint density at radius 3 is 1.85 bits per heavy atom. The van der Waals surface area contributed by atoms with E-state index in [-0.39, 0.29) is 29.2 Å². The third kappa shape index (κ3) is 5.21. The molecule has 2 heterocycles. The van der Waals surface area contributed by atoms with E-state index in [9.17, 15) is 17.6 Å². The summed E-state index contributed by atoms with van der Waals surface area (Å²) in [7, 11) is 0. The minimum Gasteiger partial charge on any atom is -0.313 e. The first-order valence-corrected chi connectivity index (χ1v) is 13.3. The summed E-state index contributed by atoms with van der Waals surface area (Å²) < 4.78 is 57.2. The van der Waals surface area contributed by atoms with Gasteiger partial charge in [0.05, 0.1) is 5.52 Å². The molecule has 0 saturated carbocycles. The third-order valence-electron chi connectivity index (χ3n) is 7.79. The summed E-state index contributed by atoms with van der Waals surface area (Å²) in [6.07, 6.45) is 2.51. The Labute approximate surface area is 225 Å². The number of rotatable bonds is 7. The van der Waals surface area contributed by atoms with Gasteiger partial charge < -0.3 is 4.57 Å². The van der Waals surface area contributed by atoms with Crippen molar-refractivity contribution in [3.63, 3.8) is 0 Å². The normalized spacial score (nSPS) is 13.8. The van der Waals surface area contributed by atoms with E-state index in [2.05, 4.69) is 9.47 Å². The van der Waals surface area contributed by atoms with Crippen LogP contribution in [0, 0.1) is 23.3 Å². The summed E-state index contributed by atoms with van der Waals surface area (Å²) in [6.45, 7) is 2.39. The highest BCUT2D eigenvalue weighted by molar-refractivity contribution is 5.87. The summed E-state index contributed by atoms with van der Waals surface area (Å²) in [5.41, 5.74) is 6.03. The molecule has 39 heavy (non-hydrogen) atoms. The van der Waals surface area contributed by atoms with Gasteiger partial charge in [-0.3, -0.25) is 4.90 Å². The molecule has 1 aromatic heterocycles. The lowest BCUT2D eigenvalue weighted by Crippen LogP contribution is -2.32. The summed E-state index contributed by atoms with van der Waals surface area (Å²) in [6, 6.07) is 24.3. The van der Waals surface area contributed by atoms with Crippen LogP contribution in [0.1, 0.15) is 41.1 Å². The lowest BCUT2D eigenvalue weighted by Gasteiger charge is -2.29. The van der Waals surface area contributed by atoms with Crippen molar-refractivity contribution in [1.82, 2.24) is 9.47 Å². The van der Waals surface area contributed by atoms with E-state index in [0.717, 1.165) is 71.3 Å². The number of nitrogens with zero attached hydrogens (tertiary/aromatic N) is 2. The molecule has 6 heteroatoms. The number of hydrogen-bond donors (Lipinski definition) is 0. The molecule has 0 radical (unpaired) electrons. The molecule has 0 saturated heterocycles. The van der Waals surface area contributed by atoms with Crippen LogP contribution in [0.2, 0.25) is 0 Å². The van der Waals surface area contributed by atoms with E-state index in [1.165, 1.54) is 42.5 Å². The molecule has 0 atom stereocenters. The molecular weight excluding hydrogens is 500 g/mol. The van der Waals surface area contributed by atoms with Gasteiger partial charge in [0.2, 0.25) is 0 Å². The van der Waals surface area contributed by atoms with Crippen molar-refractivity contribution in [1.29, 1.82) is 0 Å². The van der Waals surface area contributed by atoms with Crippen molar-refractivity contribution in [2.75, 3.05) is 13.1 Å². The molecule has 198 valence electrons. The smallest absolute Gasteiger partial charge is 0.123 e. The largest absolute Gasteiger partial charge is 0.313 e. The van der Waals surface area contributed by atoms with Crippen LogP contribution >= 0.6 is 0 Å². The first kappa shape index (κ1) is 25.4. The van der Waals surface area contributed by atoms with Crippen LogP contribution < -0.4 is 0 Å². The van der Waals surface area contributed by atoms with Gasteiger partial charge in [-0.1, -0.05) is 24.3 Å². The lowest BCUT2D eigenvalue weighted by atomic mass is 9.87. The maximum Gasteiger partial charge on any atom is 0.123 e. The standard InChI is InChI=1S/C33H28F4N2/c34-24-7-3-22(4-8-24)29(23-5-9-25(35)10-6-23)2-1-18-38-19-17-33-31(21-38)30-20-27(37)13-16-32(30)39(33)28-14-11-26(36)12-15-28/h3-16,20,29H,1-2,17-19,21H2. The van der Waals surface area contributed by atoms with Crippen molar-refractivity contribution in [2.24, 2.45) is 0 Å². The number of benzene rings is 4. The highest BCUT2D eigenvalue weighted by Gasteiger charge is 2.25. The predicted molar refractivity (Wildman–Crippen MR) is 146 cm³/mol. The molecule has 0 fully saturated rings. The highest BCUT2D eigenvalue weighted by atomic mass is 19.1. The first-order chi connectivity index (χ1) is 19.0. The Balaban J connectivity index is 1.23. The molecule has 5 aromatic rings. The Bertz CT molecular complexity index is 1540. The topological polar surface area (TPSA) is 8.17 Å². The van der Waals surface area contributed by atoms with E-state index in [4.69, 9.17) is 0 Å². The number of hydrogen-bond acceptors (Lipinski definition) is 1. The SMILES string of the molecule is Fc1ccc(C(CCCN2CCc3c(c4cc(F)ccc4n3-c3ccc(F)cc3)C2)c2ccc(F)cc2)cc1. The third-order valence-corrected chi connectivity index (χ3v) is 7.79. The van der Waals surface area contributed by atoms with Crippen molar-refractivity contribution in [3.05, 3.63) is 137 Å². The minimum atomic E-state index is -0.291. The molecule has 0 amide bonds. The highest BCUT2D eigenvalue weighted by Crippen LogP contribution is 2.35. The van der Waals surface area contributed by atoms with E-state index in [0.29, 0.717) is 6.54 Å². The molecular formula is C33H28F4N2. The Kier molecular flexibility index (Phi) is 6.96. The van der Waals surface area contributed by atoms with E-state index in [1.54, 1.807) is 48.5 Å². The first-order valence-electron chi connectivity index (χ1n) is 13.3. The zero-order chi connectivity index (χ0) is 26.9. The van der Waals surface area contributed by atoms with Crippen LogP contribution in [0.4, 0.5) is 17.6 Å². The molecule has 6 rings (SSSR count). The average Bonchev–Trinajstić information content (AvgIpc) is 3.26. The van der Waals surface area contributed by atoms with Gasteiger partial charge >= 0.3 is 0 Å².